The van der Waals surface area contributed by atoms with Crippen LogP contribution in [0.1, 0.15) is 38.3 Å². The molecule has 2 rings (SSSR count). The zero-order valence-electron chi connectivity index (χ0n) is 12.9. The van der Waals surface area contributed by atoms with Crippen LogP contribution in [-0.4, -0.2) is 23.8 Å². The standard InChI is InChI=1S/C18H17ClO4/c1-11-7-13(10-23-2)18(22)15(8-11)17(21)9-16(20)12-3-5-14(19)6-4-12/h3-8,22H,9-10H2,1-2H3. The highest BCUT2D eigenvalue weighted by Gasteiger charge is 2.19. The van der Waals surface area contributed by atoms with E-state index in [4.69, 9.17) is 16.3 Å². The second kappa shape index (κ2) is 7.40. The van der Waals surface area contributed by atoms with Gasteiger partial charge in [0, 0.05) is 23.3 Å². The van der Waals surface area contributed by atoms with E-state index in [1.54, 1.807) is 36.4 Å². The molecule has 0 amide bonds. The first-order valence-electron chi connectivity index (χ1n) is 7.05. The van der Waals surface area contributed by atoms with Crippen molar-refractivity contribution in [1.29, 1.82) is 0 Å². The van der Waals surface area contributed by atoms with Gasteiger partial charge in [0.2, 0.25) is 0 Å². The van der Waals surface area contributed by atoms with Crippen LogP contribution in [0.2, 0.25) is 5.02 Å². The molecule has 0 unspecified atom stereocenters. The number of phenols is 1. The Balaban J connectivity index is 2.23. The molecule has 0 aliphatic rings. The zero-order chi connectivity index (χ0) is 17.0. The molecule has 4 nitrogen and oxygen atoms in total. The SMILES string of the molecule is COCc1cc(C)cc(C(=O)CC(=O)c2ccc(Cl)cc2)c1O. The Kier molecular flexibility index (Phi) is 5.53. The third-order valence-electron chi connectivity index (χ3n) is 3.42. The molecule has 2 aromatic carbocycles. The number of aryl methyl sites for hydroxylation is 1. The van der Waals surface area contributed by atoms with Crippen molar-refractivity contribution in [2.45, 2.75) is 20.0 Å². The fraction of sp³-hybridized carbons (Fsp3) is 0.222. The number of ether oxygens (including phenoxy) is 1. The summed E-state index contributed by atoms with van der Waals surface area (Å²) in [4.78, 5) is 24.6. The highest BCUT2D eigenvalue weighted by molar-refractivity contribution is 6.30. The van der Waals surface area contributed by atoms with Gasteiger partial charge in [-0.3, -0.25) is 9.59 Å². The van der Waals surface area contributed by atoms with Crippen LogP contribution in [0.15, 0.2) is 36.4 Å². The van der Waals surface area contributed by atoms with E-state index in [0.29, 0.717) is 16.1 Å². The minimum absolute atomic E-state index is 0.133. The Bertz CT molecular complexity index is 735. The summed E-state index contributed by atoms with van der Waals surface area (Å²) in [5, 5.41) is 10.7. The summed E-state index contributed by atoms with van der Waals surface area (Å²) >= 11 is 5.78. The number of rotatable bonds is 6. The maximum absolute atomic E-state index is 12.4. The molecule has 0 bridgehead atoms. The molecule has 120 valence electrons. The fourth-order valence-corrected chi connectivity index (χ4v) is 2.44. The van der Waals surface area contributed by atoms with Gasteiger partial charge in [-0.1, -0.05) is 17.7 Å². The van der Waals surface area contributed by atoms with Gasteiger partial charge in [0.15, 0.2) is 11.6 Å². The number of Topliss-reactive ketones (excluding diaryl/α,β-unsaturated/α-hetero) is 2. The quantitative estimate of drug-likeness (QED) is 0.642. The van der Waals surface area contributed by atoms with Gasteiger partial charge in [0.05, 0.1) is 18.6 Å². The summed E-state index contributed by atoms with van der Waals surface area (Å²) < 4.78 is 5.01. The molecular weight excluding hydrogens is 316 g/mol. The summed E-state index contributed by atoms with van der Waals surface area (Å²) in [5.41, 5.74) is 1.89. The van der Waals surface area contributed by atoms with Crippen molar-refractivity contribution >= 4 is 23.2 Å². The van der Waals surface area contributed by atoms with Crippen LogP contribution in [0.25, 0.3) is 0 Å². The average molecular weight is 333 g/mol. The molecule has 0 spiro atoms. The van der Waals surface area contributed by atoms with E-state index in [0.717, 1.165) is 5.56 Å². The van der Waals surface area contributed by atoms with Crippen molar-refractivity contribution < 1.29 is 19.4 Å². The number of ketones is 2. The highest BCUT2D eigenvalue weighted by Crippen LogP contribution is 2.27. The predicted octanol–water partition coefficient (Wildman–Crippen LogP) is 3.96. The maximum Gasteiger partial charge on any atom is 0.174 e. The fourth-order valence-electron chi connectivity index (χ4n) is 2.31. The van der Waals surface area contributed by atoms with E-state index < -0.39 is 5.78 Å². The lowest BCUT2D eigenvalue weighted by atomic mass is 9.97. The van der Waals surface area contributed by atoms with Gasteiger partial charge < -0.3 is 9.84 Å². The summed E-state index contributed by atoms with van der Waals surface area (Å²) in [5.74, 6) is -0.879. The van der Waals surface area contributed by atoms with Crippen LogP contribution in [0.3, 0.4) is 0 Å². The van der Waals surface area contributed by atoms with Crippen molar-refractivity contribution in [3.63, 3.8) is 0 Å². The zero-order valence-corrected chi connectivity index (χ0v) is 13.7. The Morgan fingerprint density at radius 2 is 1.78 bits per heavy atom. The molecule has 0 fully saturated rings. The largest absolute Gasteiger partial charge is 0.507 e. The first kappa shape index (κ1) is 17.2. The van der Waals surface area contributed by atoms with Gasteiger partial charge in [0.25, 0.3) is 0 Å². The number of hydrogen-bond donors (Lipinski definition) is 1. The maximum atomic E-state index is 12.4. The number of methoxy groups -OCH3 is 1. The topological polar surface area (TPSA) is 63.6 Å². The lowest BCUT2D eigenvalue weighted by molar-refractivity contribution is 0.0892. The van der Waals surface area contributed by atoms with Crippen molar-refractivity contribution in [3.8, 4) is 5.75 Å². The Morgan fingerprint density at radius 1 is 1.13 bits per heavy atom. The lowest BCUT2D eigenvalue weighted by Crippen LogP contribution is -2.10. The number of halogens is 1. The van der Waals surface area contributed by atoms with Crippen molar-refractivity contribution in [1.82, 2.24) is 0 Å². The second-order valence-corrected chi connectivity index (χ2v) is 5.72. The van der Waals surface area contributed by atoms with Crippen molar-refractivity contribution in [3.05, 3.63) is 63.7 Å². The monoisotopic (exact) mass is 332 g/mol. The van der Waals surface area contributed by atoms with E-state index in [-0.39, 0.29) is 30.1 Å². The van der Waals surface area contributed by atoms with Crippen molar-refractivity contribution in [2.24, 2.45) is 0 Å². The van der Waals surface area contributed by atoms with Gasteiger partial charge in [-0.15, -0.1) is 0 Å². The molecule has 0 heterocycles. The van der Waals surface area contributed by atoms with Gasteiger partial charge in [-0.25, -0.2) is 0 Å². The lowest BCUT2D eigenvalue weighted by Gasteiger charge is -2.10. The van der Waals surface area contributed by atoms with E-state index in [1.165, 1.54) is 7.11 Å². The Morgan fingerprint density at radius 3 is 2.39 bits per heavy atom. The van der Waals surface area contributed by atoms with Gasteiger partial charge in [0.1, 0.15) is 5.75 Å². The van der Waals surface area contributed by atoms with E-state index in [1.807, 2.05) is 6.92 Å². The van der Waals surface area contributed by atoms with Gasteiger partial charge in [-0.05, 0) is 42.8 Å². The van der Waals surface area contributed by atoms with Crippen LogP contribution >= 0.6 is 11.6 Å². The third kappa shape index (κ3) is 4.18. The minimum Gasteiger partial charge on any atom is -0.507 e. The molecule has 2 aromatic rings. The third-order valence-corrected chi connectivity index (χ3v) is 3.67. The molecule has 0 atom stereocenters. The van der Waals surface area contributed by atoms with E-state index in [9.17, 15) is 14.7 Å². The number of carbonyl (C=O) groups is 2. The predicted molar refractivity (Wildman–Crippen MR) is 88.3 cm³/mol. The van der Waals surface area contributed by atoms with Gasteiger partial charge >= 0.3 is 0 Å². The summed E-state index contributed by atoms with van der Waals surface area (Å²) in [6.45, 7) is 2.01. The molecule has 0 radical (unpaired) electrons. The Hall–Kier alpha value is -2.17. The normalized spacial score (nSPS) is 10.6. The van der Waals surface area contributed by atoms with Crippen molar-refractivity contribution in [2.75, 3.05) is 7.11 Å². The smallest absolute Gasteiger partial charge is 0.174 e. The number of hydrogen-bond acceptors (Lipinski definition) is 4. The number of phenolic OH excluding ortho intramolecular Hbond substituents is 1. The number of aromatic hydroxyl groups is 1. The molecule has 0 saturated carbocycles. The number of carbonyl (C=O) groups excluding carboxylic acids is 2. The van der Waals surface area contributed by atoms with Crippen LogP contribution in [0.5, 0.6) is 5.75 Å². The summed E-state index contributed by atoms with van der Waals surface area (Å²) in [7, 11) is 1.51. The van der Waals surface area contributed by atoms with E-state index in [2.05, 4.69) is 0 Å². The highest BCUT2D eigenvalue weighted by atomic mass is 35.5. The molecule has 0 saturated heterocycles. The summed E-state index contributed by atoms with van der Waals surface area (Å²) in [6, 6.07) is 9.66. The average Bonchev–Trinajstić information content (AvgIpc) is 2.51. The molecule has 0 aliphatic carbocycles. The molecule has 0 aromatic heterocycles. The van der Waals surface area contributed by atoms with E-state index >= 15 is 0 Å². The first-order chi connectivity index (χ1) is 10.9. The molecular formula is C18H17ClO4. The second-order valence-electron chi connectivity index (χ2n) is 5.28. The van der Waals surface area contributed by atoms with Crippen LogP contribution < -0.4 is 0 Å². The van der Waals surface area contributed by atoms with Crippen LogP contribution in [0, 0.1) is 6.92 Å². The number of benzene rings is 2. The molecule has 0 aliphatic heterocycles. The van der Waals surface area contributed by atoms with Gasteiger partial charge in [-0.2, -0.15) is 0 Å². The molecule has 5 heteroatoms. The van der Waals surface area contributed by atoms with Crippen LogP contribution in [0.4, 0.5) is 0 Å². The summed E-state index contributed by atoms with van der Waals surface area (Å²) in [6.07, 6.45) is -0.314. The van der Waals surface area contributed by atoms with Crippen LogP contribution in [-0.2, 0) is 11.3 Å². The first-order valence-corrected chi connectivity index (χ1v) is 7.43. The minimum atomic E-state index is -0.427. The molecule has 1 N–H and O–H groups in total. The Labute approximate surface area is 139 Å². The molecule has 23 heavy (non-hydrogen) atoms.